The zero-order chi connectivity index (χ0) is 13.3. The number of ether oxygens (including phenoxy) is 2. The molecule has 108 valence electrons. The average Bonchev–Trinajstić information content (AvgIpc) is 2.38. The van der Waals surface area contributed by atoms with E-state index >= 15 is 0 Å². The van der Waals surface area contributed by atoms with Gasteiger partial charge in [-0.25, -0.2) is 0 Å². The van der Waals surface area contributed by atoms with Gasteiger partial charge in [0.1, 0.15) is 0 Å². The van der Waals surface area contributed by atoms with E-state index in [9.17, 15) is 0 Å². The van der Waals surface area contributed by atoms with Crippen LogP contribution in [0.3, 0.4) is 0 Å². The maximum atomic E-state index is 5.72. The van der Waals surface area contributed by atoms with Gasteiger partial charge in [-0.2, -0.15) is 0 Å². The first-order chi connectivity index (χ1) is 8.72. The van der Waals surface area contributed by atoms with Crippen LogP contribution in [0.25, 0.3) is 0 Å². The highest BCUT2D eigenvalue weighted by molar-refractivity contribution is 4.86. The molecule has 0 bridgehead atoms. The van der Waals surface area contributed by atoms with Crippen molar-refractivity contribution in [2.45, 2.75) is 26.2 Å². The Morgan fingerprint density at radius 1 is 1.44 bits per heavy atom. The summed E-state index contributed by atoms with van der Waals surface area (Å²) in [6.07, 6.45) is 3.57. The molecule has 4 nitrogen and oxygen atoms in total. The number of nitrogens with one attached hydrogen (secondary N) is 1. The van der Waals surface area contributed by atoms with E-state index in [1.54, 1.807) is 7.11 Å². The summed E-state index contributed by atoms with van der Waals surface area (Å²) in [7, 11) is 3.97. The van der Waals surface area contributed by atoms with Crippen molar-refractivity contribution >= 4 is 0 Å². The molecule has 1 saturated heterocycles. The van der Waals surface area contributed by atoms with E-state index < -0.39 is 0 Å². The second kappa shape index (κ2) is 8.86. The lowest BCUT2D eigenvalue weighted by Gasteiger charge is -2.40. The van der Waals surface area contributed by atoms with E-state index in [1.165, 1.54) is 12.8 Å². The average molecular weight is 258 g/mol. The Balaban J connectivity index is 2.39. The first-order valence-corrected chi connectivity index (χ1v) is 7.18. The van der Waals surface area contributed by atoms with Crippen LogP contribution in [-0.2, 0) is 9.47 Å². The summed E-state index contributed by atoms with van der Waals surface area (Å²) in [5.74, 6) is 0. The van der Waals surface area contributed by atoms with Gasteiger partial charge < -0.3 is 19.7 Å². The van der Waals surface area contributed by atoms with Gasteiger partial charge in [-0.15, -0.1) is 0 Å². The van der Waals surface area contributed by atoms with Gasteiger partial charge in [0.15, 0.2) is 0 Å². The molecule has 0 aromatic carbocycles. The van der Waals surface area contributed by atoms with Gasteiger partial charge in [-0.05, 0) is 32.9 Å². The maximum absolute atomic E-state index is 5.72. The van der Waals surface area contributed by atoms with Crippen LogP contribution in [0, 0.1) is 5.41 Å². The van der Waals surface area contributed by atoms with Crippen LogP contribution in [0.1, 0.15) is 26.2 Å². The molecule has 18 heavy (non-hydrogen) atoms. The topological polar surface area (TPSA) is 33.7 Å². The summed E-state index contributed by atoms with van der Waals surface area (Å²) in [5.41, 5.74) is 0.302. The van der Waals surface area contributed by atoms with Crippen molar-refractivity contribution in [2.75, 3.05) is 60.2 Å². The molecule has 1 rings (SSSR count). The Hall–Kier alpha value is -0.160. The number of methoxy groups -OCH3 is 1. The largest absolute Gasteiger partial charge is 0.385 e. The minimum atomic E-state index is 0.302. The monoisotopic (exact) mass is 258 g/mol. The second-order valence-corrected chi connectivity index (χ2v) is 5.52. The van der Waals surface area contributed by atoms with E-state index in [4.69, 9.17) is 9.47 Å². The molecule has 4 heteroatoms. The highest BCUT2D eigenvalue weighted by Gasteiger charge is 2.33. The third-order valence-corrected chi connectivity index (χ3v) is 3.65. The Morgan fingerprint density at radius 3 is 2.89 bits per heavy atom. The zero-order valence-corrected chi connectivity index (χ0v) is 12.3. The van der Waals surface area contributed by atoms with Crippen molar-refractivity contribution < 1.29 is 9.47 Å². The normalized spacial score (nSPS) is 24.7. The summed E-state index contributed by atoms with van der Waals surface area (Å²) in [6.45, 7) is 9.16. The van der Waals surface area contributed by atoms with E-state index in [-0.39, 0.29) is 0 Å². The Kier molecular flexibility index (Phi) is 7.82. The van der Waals surface area contributed by atoms with E-state index in [0.717, 1.165) is 52.4 Å². The van der Waals surface area contributed by atoms with E-state index in [2.05, 4.69) is 24.2 Å². The minimum absolute atomic E-state index is 0.302. The maximum Gasteiger partial charge on any atom is 0.0546 e. The summed E-state index contributed by atoms with van der Waals surface area (Å²) >= 11 is 0. The van der Waals surface area contributed by atoms with Gasteiger partial charge >= 0.3 is 0 Å². The summed E-state index contributed by atoms with van der Waals surface area (Å²) in [6, 6.07) is 0. The first-order valence-electron chi connectivity index (χ1n) is 7.18. The van der Waals surface area contributed by atoms with Crippen molar-refractivity contribution in [3.8, 4) is 0 Å². The molecular weight excluding hydrogens is 228 g/mol. The minimum Gasteiger partial charge on any atom is -0.385 e. The summed E-state index contributed by atoms with van der Waals surface area (Å²) in [5, 5.41) is 3.50. The van der Waals surface area contributed by atoms with Crippen LogP contribution in [0.2, 0.25) is 0 Å². The molecule has 1 heterocycles. The number of nitrogens with zero attached hydrogens (tertiary/aromatic N) is 1. The molecule has 0 spiro atoms. The van der Waals surface area contributed by atoms with Crippen LogP contribution < -0.4 is 5.32 Å². The lowest BCUT2D eigenvalue weighted by molar-refractivity contribution is -0.0230. The van der Waals surface area contributed by atoms with Crippen molar-refractivity contribution in [1.29, 1.82) is 0 Å². The quantitative estimate of drug-likeness (QED) is 0.633. The molecule has 0 radical (unpaired) electrons. The fraction of sp³-hybridized carbons (Fsp3) is 1.00. The Morgan fingerprint density at radius 2 is 2.28 bits per heavy atom. The highest BCUT2D eigenvalue weighted by Crippen LogP contribution is 2.28. The van der Waals surface area contributed by atoms with E-state index in [0.29, 0.717) is 5.41 Å². The fourth-order valence-electron chi connectivity index (χ4n) is 2.75. The van der Waals surface area contributed by atoms with Crippen LogP contribution in [0.4, 0.5) is 0 Å². The second-order valence-electron chi connectivity index (χ2n) is 5.52. The third-order valence-electron chi connectivity index (χ3n) is 3.65. The number of rotatable bonds is 9. The zero-order valence-electron chi connectivity index (χ0n) is 12.3. The van der Waals surface area contributed by atoms with Gasteiger partial charge in [0.05, 0.1) is 6.61 Å². The fourth-order valence-corrected chi connectivity index (χ4v) is 2.75. The van der Waals surface area contributed by atoms with Crippen LogP contribution in [0.15, 0.2) is 0 Å². The molecule has 0 aliphatic carbocycles. The molecule has 1 unspecified atom stereocenters. The van der Waals surface area contributed by atoms with Crippen LogP contribution in [0.5, 0.6) is 0 Å². The lowest BCUT2D eigenvalue weighted by Crippen LogP contribution is -2.48. The van der Waals surface area contributed by atoms with E-state index in [1.807, 2.05) is 0 Å². The molecule has 1 aliphatic rings. The molecule has 0 aromatic rings. The lowest BCUT2D eigenvalue weighted by atomic mass is 9.81. The molecule has 1 N–H and O–H groups in total. The molecule has 1 atom stereocenters. The SMILES string of the molecule is CCNCC1(CN(C)CCCOC)CCCOC1. The van der Waals surface area contributed by atoms with Crippen molar-refractivity contribution in [3.05, 3.63) is 0 Å². The molecule has 0 amide bonds. The standard InChI is InChI=1S/C14H30N2O2/c1-4-15-11-14(7-5-10-18-13-14)12-16(2)8-6-9-17-3/h15H,4-13H2,1-3H3. The molecule has 0 saturated carbocycles. The number of hydrogen-bond donors (Lipinski definition) is 1. The van der Waals surface area contributed by atoms with Gasteiger partial charge in [0.25, 0.3) is 0 Å². The summed E-state index contributed by atoms with van der Waals surface area (Å²) < 4.78 is 10.8. The van der Waals surface area contributed by atoms with Crippen molar-refractivity contribution in [1.82, 2.24) is 10.2 Å². The smallest absolute Gasteiger partial charge is 0.0546 e. The van der Waals surface area contributed by atoms with Crippen LogP contribution >= 0.6 is 0 Å². The molecule has 0 aromatic heterocycles. The summed E-state index contributed by atoms with van der Waals surface area (Å²) in [4.78, 5) is 2.42. The molecule has 1 aliphatic heterocycles. The predicted octanol–water partition coefficient (Wildman–Crippen LogP) is 1.36. The van der Waals surface area contributed by atoms with Crippen LogP contribution in [-0.4, -0.2) is 65.1 Å². The van der Waals surface area contributed by atoms with Crippen molar-refractivity contribution in [2.24, 2.45) is 5.41 Å². The van der Waals surface area contributed by atoms with Gasteiger partial charge in [0, 0.05) is 45.4 Å². The van der Waals surface area contributed by atoms with Gasteiger partial charge in [-0.1, -0.05) is 6.92 Å². The first kappa shape index (κ1) is 15.9. The molecule has 1 fully saturated rings. The predicted molar refractivity (Wildman–Crippen MR) is 75.0 cm³/mol. The van der Waals surface area contributed by atoms with Crippen molar-refractivity contribution in [3.63, 3.8) is 0 Å². The van der Waals surface area contributed by atoms with Gasteiger partial charge in [-0.3, -0.25) is 0 Å². The highest BCUT2D eigenvalue weighted by atomic mass is 16.5. The molecular formula is C14H30N2O2. The number of hydrogen-bond acceptors (Lipinski definition) is 4. The third kappa shape index (κ3) is 5.65. The Labute approximate surface area is 112 Å². The Bertz CT molecular complexity index is 206. The van der Waals surface area contributed by atoms with Gasteiger partial charge in [0.2, 0.25) is 0 Å².